The average molecular weight is 910 g/mol. The molecule has 3 aromatic carbocycles. The third kappa shape index (κ3) is 9.68. The van der Waals surface area contributed by atoms with Crippen LogP contribution in [-0.4, -0.2) is 119 Å². The first-order chi connectivity index (χ1) is 30.7. The Balaban J connectivity index is 1.16. The first-order valence-electron chi connectivity index (χ1n) is 21.0. The number of benzene rings is 3. The summed E-state index contributed by atoms with van der Waals surface area (Å²) in [6.07, 6.45) is -6.01. The van der Waals surface area contributed by atoms with E-state index in [9.17, 15) is 46.6 Å². The zero-order valence-electron chi connectivity index (χ0n) is 36.4. The number of ether oxygens (including phenoxy) is 3. The molecule has 7 rings (SSSR count). The smallest absolute Gasteiger partial charge is 0.407 e. The van der Waals surface area contributed by atoms with Crippen LogP contribution in [0, 0.1) is 11.8 Å². The van der Waals surface area contributed by atoms with Gasteiger partial charge in [0.25, 0.3) is 11.8 Å². The summed E-state index contributed by atoms with van der Waals surface area (Å²) in [5, 5.41) is 22.1. The molecular weight excluding hydrogens is 859 g/mol. The van der Waals surface area contributed by atoms with Crippen molar-refractivity contribution in [3.05, 3.63) is 78.4 Å². The number of aromatic nitrogens is 1. The Labute approximate surface area is 371 Å². The Morgan fingerprint density at radius 3 is 2.00 bits per heavy atom. The van der Waals surface area contributed by atoms with Gasteiger partial charge in [0, 0.05) is 46.8 Å². The molecule has 1 aromatic heterocycles. The summed E-state index contributed by atoms with van der Waals surface area (Å²) in [6.45, 7) is 4.67. The molecule has 0 saturated carbocycles. The van der Waals surface area contributed by atoms with Crippen molar-refractivity contribution in [2.24, 2.45) is 11.8 Å². The molecule has 65 heavy (non-hydrogen) atoms. The maximum absolute atomic E-state index is 14.9. The van der Waals surface area contributed by atoms with E-state index < -0.39 is 116 Å². The molecule has 348 valence electrons. The van der Waals surface area contributed by atoms with Crippen LogP contribution < -0.4 is 26.0 Å². The van der Waals surface area contributed by atoms with E-state index in [0.29, 0.717) is 27.9 Å². The molecule has 3 aliphatic rings. The van der Waals surface area contributed by atoms with E-state index >= 15 is 0 Å². The Morgan fingerprint density at radius 1 is 0.754 bits per heavy atom. The van der Waals surface area contributed by atoms with Gasteiger partial charge in [-0.15, -0.1) is 0 Å². The van der Waals surface area contributed by atoms with Crippen molar-refractivity contribution < 1.29 is 60.9 Å². The van der Waals surface area contributed by atoms with Crippen molar-refractivity contribution >= 4 is 52.2 Å². The third-order valence-electron chi connectivity index (χ3n) is 11.9. The van der Waals surface area contributed by atoms with Gasteiger partial charge < -0.3 is 50.1 Å². The Morgan fingerprint density at radius 2 is 1.35 bits per heavy atom. The molecule has 16 nitrogen and oxygen atoms in total. The second-order valence-corrected chi connectivity index (χ2v) is 17.2. The fourth-order valence-corrected chi connectivity index (χ4v) is 8.65. The van der Waals surface area contributed by atoms with Crippen molar-refractivity contribution in [2.75, 3.05) is 37.9 Å². The summed E-state index contributed by atoms with van der Waals surface area (Å²) in [7, 11) is 2.24. The number of aliphatic hydroxyl groups is 1. The number of alkyl carbamates (subject to hydrolysis) is 2. The maximum atomic E-state index is 14.9. The van der Waals surface area contributed by atoms with Gasteiger partial charge in [0.2, 0.25) is 23.9 Å². The Kier molecular flexibility index (Phi) is 13.1. The average Bonchev–Trinajstić information content (AvgIpc) is 3.93. The summed E-state index contributed by atoms with van der Waals surface area (Å²) in [6, 6.07) is 15.6. The molecule has 0 bridgehead atoms. The molecule has 2 unspecified atom stereocenters. The quantitative estimate of drug-likeness (QED) is 0.103. The van der Waals surface area contributed by atoms with Crippen molar-refractivity contribution in [2.45, 2.75) is 89.0 Å². The maximum Gasteiger partial charge on any atom is 0.407 e. The molecular formula is C45H51F4N7O9. The fraction of sp³-hybridized carbons (Fsp3) is 0.444. The van der Waals surface area contributed by atoms with E-state index in [1.54, 1.807) is 64.1 Å². The summed E-state index contributed by atoms with van der Waals surface area (Å²) < 4.78 is 77.5. The van der Waals surface area contributed by atoms with E-state index in [4.69, 9.17) is 4.74 Å². The zero-order valence-corrected chi connectivity index (χ0v) is 36.4. The van der Waals surface area contributed by atoms with Crippen LogP contribution in [0.25, 0.3) is 22.2 Å². The molecule has 6 atom stereocenters. The number of carbonyl (C=O) groups excluding carboxylic acids is 5. The zero-order chi connectivity index (χ0) is 47.1. The van der Waals surface area contributed by atoms with Gasteiger partial charge in [0.1, 0.15) is 24.1 Å². The number of fused-ring (bicyclic) bond motifs is 5. The van der Waals surface area contributed by atoms with Gasteiger partial charge in [-0.2, -0.15) is 0 Å². The van der Waals surface area contributed by atoms with Crippen LogP contribution >= 0.6 is 0 Å². The van der Waals surface area contributed by atoms with Crippen molar-refractivity contribution in [3.63, 3.8) is 0 Å². The Bertz CT molecular complexity index is 2470. The number of hydrogen-bond acceptors (Lipinski definition) is 10. The highest BCUT2D eigenvalue weighted by Gasteiger charge is 2.53. The largest absolute Gasteiger partial charge is 0.465 e. The number of hydrogen-bond donors (Lipinski definition) is 5. The van der Waals surface area contributed by atoms with E-state index in [0.717, 1.165) is 29.6 Å². The van der Waals surface area contributed by atoms with Crippen LogP contribution in [0.2, 0.25) is 0 Å². The number of methoxy groups -OCH3 is 2. The summed E-state index contributed by atoms with van der Waals surface area (Å²) in [4.78, 5) is 66.8. The standard InChI is InChI=1S/C45H51F4N7O9/c1-23(2)35(52-42(61)63-5)39(59)54-21-44(46,47)19-32(54)37(57)50-27-13-15-30-26(16-27)17-31-29-14-12-28(18-34(29)65-41(56(30)31)25-10-8-7-9-11-25)51-38(58)33-20-45(48,49)22-55(33)40(60)36(24(3)4)53-43(62)64-6/h7-18,23-24,32-33,35-36,40-41,60H,19-22H2,1-6H3,(H,50,57)(H,51,58)(H,52,61)(H,53,62)/t32-,33-,35-,36-,40?,41?/m0/s1. The predicted octanol–water partition coefficient (Wildman–Crippen LogP) is 6.15. The number of aliphatic hydroxyl groups excluding tert-OH is 1. The van der Waals surface area contributed by atoms with Crippen molar-refractivity contribution in [1.82, 2.24) is 25.0 Å². The van der Waals surface area contributed by atoms with E-state index in [1.165, 1.54) is 0 Å². The van der Waals surface area contributed by atoms with Crippen LogP contribution in [-0.2, 0) is 23.9 Å². The molecule has 5 amide bonds. The number of anilines is 2. The molecule has 0 spiro atoms. The highest BCUT2D eigenvalue weighted by atomic mass is 19.3. The van der Waals surface area contributed by atoms with Gasteiger partial charge in [0.15, 0.2) is 0 Å². The highest BCUT2D eigenvalue weighted by Crippen LogP contribution is 2.46. The summed E-state index contributed by atoms with van der Waals surface area (Å²) >= 11 is 0. The normalized spacial score (nSPS) is 21.1. The van der Waals surface area contributed by atoms with Gasteiger partial charge >= 0.3 is 12.2 Å². The van der Waals surface area contributed by atoms with Crippen LogP contribution in [0.3, 0.4) is 0 Å². The second-order valence-electron chi connectivity index (χ2n) is 17.2. The van der Waals surface area contributed by atoms with Gasteiger partial charge in [-0.25, -0.2) is 27.2 Å². The van der Waals surface area contributed by atoms with E-state index in [1.807, 2.05) is 41.0 Å². The van der Waals surface area contributed by atoms with Gasteiger partial charge in [-0.1, -0.05) is 58.0 Å². The first kappa shape index (κ1) is 46.6. The minimum Gasteiger partial charge on any atom is -0.465 e. The predicted molar refractivity (Wildman–Crippen MR) is 229 cm³/mol. The molecule has 0 aliphatic carbocycles. The van der Waals surface area contributed by atoms with Crippen LogP contribution in [0.5, 0.6) is 5.75 Å². The monoisotopic (exact) mass is 909 g/mol. The molecule has 4 heterocycles. The number of amides is 5. The van der Waals surface area contributed by atoms with Crippen molar-refractivity contribution in [1.29, 1.82) is 0 Å². The van der Waals surface area contributed by atoms with Crippen LogP contribution in [0.15, 0.2) is 72.8 Å². The molecule has 0 radical (unpaired) electrons. The number of carbonyl (C=O) groups is 5. The van der Waals surface area contributed by atoms with Gasteiger partial charge in [-0.3, -0.25) is 19.3 Å². The summed E-state index contributed by atoms with van der Waals surface area (Å²) in [5.41, 5.74) is 3.17. The molecule has 3 aliphatic heterocycles. The lowest BCUT2D eigenvalue weighted by molar-refractivity contribution is -0.139. The first-order valence-corrected chi connectivity index (χ1v) is 21.0. The topological polar surface area (TPSA) is 193 Å². The molecule has 20 heteroatoms. The third-order valence-corrected chi connectivity index (χ3v) is 11.9. The molecule has 2 saturated heterocycles. The van der Waals surface area contributed by atoms with Gasteiger partial charge in [-0.05, 0) is 48.2 Å². The number of halogens is 4. The fourth-order valence-electron chi connectivity index (χ4n) is 8.65. The Hall–Kier alpha value is -6.41. The van der Waals surface area contributed by atoms with E-state index in [-0.39, 0.29) is 11.4 Å². The summed E-state index contributed by atoms with van der Waals surface area (Å²) in [5.74, 6) is -9.79. The lowest BCUT2D eigenvalue weighted by atomic mass is 10.0. The lowest BCUT2D eigenvalue weighted by Gasteiger charge is -2.35. The number of likely N-dealkylation sites (tertiary alicyclic amines) is 2. The SMILES string of the molecule is COC(=O)N[C@@H](C(C)C)C(O)N1CC(F)(F)C[C@H]1C(=O)Nc1ccc2c(c1)OC(c1ccccc1)n1c-2cc2cc(NC(=O)[C@@H]3CC(F)(F)CN3C(=O)[C@@H](NC(=O)OC)C(C)C)ccc21. The minimum absolute atomic E-state index is 0.221. The van der Waals surface area contributed by atoms with Crippen LogP contribution in [0.4, 0.5) is 38.5 Å². The van der Waals surface area contributed by atoms with Gasteiger partial charge in [0.05, 0.1) is 50.6 Å². The van der Waals surface area contributed by atoms with E-state index in [2.05, 4.69) is 30.7 Å². The number of rotatable bonds is 12. The molecule has 4 aromatic rings. The number of nitrogens with zero attached hydrogens (tertiary/aromatic N) is 3. The molecule has 2 fully saturated rings. The second kappa shape index (κ2) is 18.2. The van der Waals surface area contributed by atoms with Crippen LogP contribution in [0.1, 0.15) is 52.3 Å². The number of nitrogens with one attached hydrogen (secondary N) is 4. The minimum atomic E-state index is -3.37. The number of alkyl halides is 4. The van der Waals surface area contributed by atoms with Crippen molar-refractivity contribution in [3.8, 4) is 17.0 Å². The highest BCUT2D eigenvalue weighted by molar-refractivity contribution is 6.01. The molecule has 5 N–H and O–H groups in total. The lowest BCUT2D eigenvalue weighted by Crippen LogP contribution is -2.57.